The fourth-order valence-corrected chi connectivity index (χ4v) is 18.3. The van der Waals surface area contributed by atoms with E-state index in [2.05, 4.69) is 55.5 Å². The summed E-state index contributed by atoms with van der Waals surface area (Å²) < 4.78 is 33.8. The topological polar surface area (TPSA) is 46.5 Å². The summed E-state index contributed by atoms with van der Waals surface area (Å²) in [5.74, 6) is 0. The van der Waals surface area contributed by atoms with Gasteiger partial charge in [-0.05, 0) is 41.1 Å². The summed E-state index contributed by atoms with van der Waals surface area (Å²) in [6.45, 7) is -0.811. The molecule has 6 heteroatoms. The first-order valence-electron chi connectivity index (χ1n) is 13.5. The molecule has 5 aromatic rings. The number of sulfonamides is 1. The van der Waals surface area contributed by atoms with Crippen molar-refractivity contribution in [3.8, 4) is 0 Å². The normalized spacial score (nSPS) is 11.8. The smallest absolute Gasteiger partial charge is 0.199 e. The SMILES string of the molecule is CCCCc1ccc(S(=O)(=O)N=P(c2ccccc2)(c2ccccc2)P(c2ccccc2)c2ccccc2)cc1. The number of hydrogen-bond acceptors (Lipinski definition) is 2. The summed E-state index contributed by atoms with van der Waals surface area (Å²) in [5, 5.41) is 4.09. The standard InChI is InChI=1S/C34H33NO2P2S/c1-2-3-16-29-25-27-34(28-26-29)40(36,37)35-39(32-21-12-6-13-22-32,33-23-14-7-15-24-33)38(30-17-8-4-9-18-30)31-19-10-5-11-20-31/h4-15,17-28H,2-3,16H2,1H3. The minimum atomic E-state index is -4.02. The van der Waals surface area contributed by atoms with E-state index in [-0.39, 0.29) is 4.90 Å². The third-order valence-corrected chi connectivity index (χ3v) is 18.8. The second-order valence-corrected chi connectivity index (χ2v) is 18.5. The molecule has 5 aromatic carbocycles. The van der Waals surface area contributed by atoms with E-state index in [1.807, 2.05) is 84.9 Å². The number of benzene rings is 5. The molecule has 0 saturated heterocycles. The first kappa shape index (κ1) is 28.2. The van der Waals surface area contributed by atoms with Gasteiger partial charge in [0.25, 0.3) is 10.0 Å². The van der Waals surface area contributed by atoms with Crippen molar-refractivity contribution in [3.63, 3.8) is 0 Å². The van der Waals surface area contributed by atoms with Gasteiger partial charge >= 0.3 is 0 Å². The van der Waals surface area contributed by atoms with Crippen molar-refractivity contribution >= 4 is 45.6 Å². The molecule has 5 rings (SSSR count). The average molecular weight is 582 g/mol. The van der Waals surface area contributed by atoms with E-state index in [4.69, 9.17) is 4.15 Å². The van der Waals surface area contributed by atoms with Crippen LogP contribution in [-0.4, -0.2) is 8.42 Å². The highest BCUT2D eigenvalue weighted by molar-refractivity contribution is 8.46. The van der Waals surface area contributed by atoms with Gasteiger partial charge in [0.15, 0.2) is 0 Å². The molecule has 0 saturated carbocycles. The first-order valence-corrected chi connectivity index (χ1v) is 18.8. The van der Waals surface area contributed by atoms with E-state index in [1.54, 1.807) is 12.1 Å². The maximum Gasteiger partial charge on any atom is 0.281 e. The summed E-state index contributed by atoms with van der Waals surface area (Å²) in [4.78, 5) is 0.236. The van der Waals surface area contributed by atoms with E-state index in [0.717, 1.165) is 46.0 Å². The van der Waals surface area contributed by atoms with Gasteiger partial charge in [0.05, 0.1) is 11.6 Å². The highest BCUT2D eigenvalue weighted by atomic mass is 32.2. The summed E-state index contributed by atoms with van der Waals surface area (Å²) in [5.41, 5.74) is 1.14. The predicted octanol–water partition coefficient (Wildman–Crippen LogP) is 7.62. The Bertz CT molecular complexity index is 1590. The largest absolute Gasteiger partial charge is 0.281 e. The van der Waals surface area contributed by atoms with Gasteiger partial charge in [-0.25, -0.2) is 0 Å². The van der Waals surface area contributed by atoms with Crippen molar-refractivity contribution in [1.29, 1.82) is 0 Å². The van der Waals surface area contributed by atoms with Crippen LogP contribution < -0.4 is 21.2 Å². The maximum atomic E-state index is 14.4. The molecular weight excluding hydrogens is 548 g/mol. The van der Waals surface area contributed by atoms with Gasteiger partial charge < -0.3 is 0 Å². The van der Waals surface area contributed by atoms with Crippen molar-refractivity contribution < 1.29 is 8.42 Å². The molecule has 0 spiro atoms. The molecule has 0 heterocycles. The Morgan fingerprint density at radius 2 is 1.02 bits per heavy atom. The van der Waals surface area contributed by atoms with Crippen molar-refractivity contribution in [2.45, 2.75) is 31.1 Å². The molecule has 40 heavy (non-hydrogen) atoms. The monoisotopic (exact) mass is 581 g/mol. The second-order valence-electron chi connectivity index (χ2n) is 9.56. The maximum absolute atomic E-state index is 14.4. The summed E-state index contributed by atoms with van der Waals surface area (Å²) in [6.07, 6.45) is 3.11. The van der Waals surface area contributed by atoms with Gasteiger partial charge in [0, 0.05) is 18.2 Å². The van der Waals surface area contributed by atoms with Crippen LogP contribution in [0.15, 0.2) is 155 Å². The van der Waals surface area contributed by atoms with Crippen LogP contribution in [0.25, 0.3) is 0 Å². The number of unbranched alkanes of at least 4 members (excludes halogenated alkanes) is 1. The number of nitrogens with zero attached hydrogens (tertiary/aromatic N) is 1. The molecule has 0 atom stereocenters. The molecule has 0 aliphatic carbocycles. The van der Waals surface area contributed by atoms with E-state index in [9.17, 15) is 8.42 Å². The van der Waals surface area contributed by atoms with Gasteiger partial charge in [-0.15, -0.1) is 0 Å². The third kappa shape index (κ3) is 6.06. The van der Waals surface area contributed by atoms with E-state index in [1.165, 1.54) is 0 Å². The Morgan fingerprint density at radius 1 is 0.600 bits per heavy atom. The Hall–Kier alpha value is -3.29. The van der Waals surface area contributed by atoms with Crippen LogP contribution in [0.3, 0.4) is 0 Å². The Kier molecular flexibility index (Phi) is 9.12. The molecule has 0 aliphatic rings. The zero-order valence-corrected chi connectivity index (χ0v) is 25.1. The van der Waals surface area contributed by atoms with Gasteiger partial charge in [-0.3, -0.25) is 0 Å². The van der Waals surface area contributed by atoms with Crippen LogP contribution in [0.2, 0.25) is 0 Å². The fraction of sp³-hybridized carbons (Fsp3) is 0.118. The molecule has 0 radical (unpaired) electrons. The number of aryl methyl sites for hydroxylation is 1. The van der Waals surface area contributed by atoms with Crippen molar-refractivity contribution in [3.05, 3.63) is 151 Å². The van der Waals surface area contributed by atoms with Gasteiger partial charge in [-0.2, -0.15) is 12.6 Å². The van der Waals surface area contributed by atoms with E-state index < -0.39 is 24.4 Å². The zero-order chi connectivity index (χ0) is 27.8. The molecule has 0 amide bonds. The van der Waals surface area contributed by atoms with Gasteiger partial charge in [-0.1, -0.05) is 147 Å². The molecule has 3 nitrogen and oxygen atoms in total. The first-order chi connectivity index (χ1) is 19.5. The number of hydrogen-bond donors (Lipinski definition) is 0. The van der Waals surface area contributed by atoms with Crippen LogP contribution in [-0.2, 0) is 16.4 Å². The highest BCUT2D eigenvalue weighted by Gasteiger charge is 2.39. The lowest BCUT2D eigenvalue weighted by atomic mass is 10.1. The minimum Gasteiger partial charge on any atom is -0.199 e. The lowest BCUT2D eigenvalue weighted by molar-refractivity contribution is 0.598. The summed E-state index contributed by atoms with van der Waals surface area (Å²) in [6, 6.07) is 48.0. The Labute approximate surface area is 239 Å². The van der Waals surface area contributed by atoms with E-state index >= 15 is 0 Å². The van der Waals surface area contributed by atoms with E-state index in [0.29, 0.717) is 0 Å². The molecule has 0 unspecified atom stereocenters. The van der Waals surface area contributed by atoms with Crippen LogP contribution >= 0.6 is 14.4 Å². The predicted molar refractivity (Wildman–Crippen MR) is 173 cm³/mol. The summed E-state index contributed by atoms with van der Waals surface area (Å²) in [7, 11) is -5.28. The van der Waals surface area contributed by atoms with Crippen LogP contribution in [0.5, 0.6) is 0 Å². The molecule has 202 valence electrons. The summed E-state index contributed by atoms with van der Waals surface area (Å²) >= 11 is 0. The Balaban J connectivity index is 1.86. The lowest BCUT2D eigenvalue weighted by Crippen LogP contribution is -2.24. The molecule has 0 aliphatic heterocycles. The van der Waals surface area contributed by atoms with Crippen molar-refractivity contribution in [1.82, 2.24) is 0 Å². The molecule has 0 bridgehead atoms. The van der Waals surface area contributed by atoms with Crippen molar-refractivity contribution in [2.24, 2.45) is 4.15 Å². The van der Waals surface area contributed by atoms with Crippen LogP contribution in [0.4, 0.5) is 0 Å². The molecule has 0 aromatic heterocycles. The van der Waals surface area contributed by atoms with Gasteiger partial charge in [0.1, 0.15) is 0 Å². The van der Waals surface area contributed by atoms with Gasteiger partial charge in [0.2, 0.25) is 0 Å². The molecule has 0 fully saturated rings. The minimum absolute atomic E-state index is 0.236. The van der Waals surface area contributed by atoms with Crippen LogP contribution in [0.1, 0.15) is 25.3 Å². The zero-order valence-electron chi connectivity index (χ0n) is 22.5. The van der Waals surface area contributed by atoms with Crippen molar-refractivity contribution in [2.75, 3.05) is 0 Å². The lowest BCUT2D eigenvalue weighted by Gasteiger charge is -2.34. The third-order valence-electron chi connectivity index (χ3n) is 6.79. The second kappa shape index (κ2) is 12.9. The molecule has 0 N–H and O–H groups in total. The fourth-order valence-electron chi connectivity index (χ4n) is 4.82. The average Bonchev–Trinajstić information content (AvgIpc) is 3.02. The Morgan fingerprint density at radius 3 is 1.45 bits per heavy atom. The molecular formula is C34H33NO2P2S. The van der Waals surface area contributed by atoms with Crippen LogP contribution in [0, 0.1) is 0 Å². The quantitative estimate of drug-likeness (QED) is 0.159. The highest BCUT2D eigenvalue weighted by Crippen LogP contribution is 2.75. The number of rotatable bonds is 10.